The van der Waals surface area contributed by atoms with E-state index in [1.165, 1.54) is 0 Å². The lowest BCUT2D eigenvalue weighted by molar-refractivity contribution is 0.0874. The molecule has 3 heterocycles. The van der Waals surface area contributed by atoms with Crippen LogP contribution in [0, 0.1) is 12.8 Å². The van der Waals surface area contributed by atoms with E-state index in [9.17, 15) is 0 Å². The van der Waals surface area contributed by atoms with Crippen LogP contribution in [0.25, 0.3) is 0 Å². The van der Waals surface area contributed by atoms with Crippen LogP contribution in [0.3, 0.4) is 0 Å². The standard InChI is InChI=1S/C16H28N4O3/c1-13-17-15(23-18-13)16-11-19(5-2-8-21)7-4-14(16)10-20(12-16)6-3-9-22/h14,21-22H,2-12H2,1H3/t14-,16-/m0/s1. The van der Waals surface area contributed by atoms with Gasteiger partial charge in [-0.15, -0.1) is 0 Å². The zero-order chi connectivity index (χ0) is 16.3. The summed E-state index contributed by atoms with van der Waals surface area (Å²) in [5, 5.41) is 22.2. The highest BCUT2D eigenvalue weighted by atomic mass is 16.5. The van der Waals surface area contributed by atoms with E-state index < -0.39 is 0 Å². The fourth-order valence-electron chi connectivity index (χ4n) is 4.20. The number of aromatic nitrogens is 2. The minimum Gasteiger partial charge on any atom is -0.396 e. The minimum absolute atomic E-state index is 0.107. The van der Waals surface area contributed by atoms with Crippen LogP contribution in [-0.4, -0.2) is 82.6 Å². The van der Waals surface area contributed by atoms with Crippen molar-refractivity contribution < 1.29 is 14.7 Å². The second-order valence-electron chi connectivity index (χ2n) is 6.95. The van der Waals surface area contributed by atoms with Gasteiger partial charge in [0.15, 0.2) is 5.82 Å². The summed E-state index contributed by atoms with van der Waals surface area (Å²) in [6.45, 7) is 8.08. The highest BCUT2D eigenvalue weighted by molar-refractivity contribution is 5.17. The van der Waals surface area contributed by atoms with Crippen LogP contribution < -0.4 is 0 Å². The lowest BCUT2D eigenvalue weighted by Crippen LogP contribution is -2.52. The number of hydrogen-bond donors (Lipinski definition) is 2. The lowest BCUT2D eigenvalue weighted by Gasteiger charge is -2.41. The molecule has 7 nitrogen and oxygen atoms in total. The van der Waals surface area contributed by atoms with Crippen molar-refractivity contribution in [1.29, 1.82) is 0 Å². The first-order valence-electron chi connectivity index (χ1n) is 8.65. The second-order valence-corrected chi connectivity index (χ2v) is 6.95. The van der Waals surface area contributed by atoms with Gasteiger partial charge in [-0.1, -0.05) is 5.16 Å². The van der Waals surface area contributed by atoms with Gasteiger partial charge < -0.3 is 24.5 Å². The van der Waals surface area contributed by atoms with E-state index in [1.54, 1.807) is 0 Å². The van der Waals surface area contributed by atoms with Crippen LogP contribution >= 0.6 is 0 Å². The molecule has 7 heteroatoms. The Balaban J connectivity index is 1.80. The summed E-state index contributed by atoms with van der Waals surface area (Å²) < 4.78 is 5.60. The van der Waals surface area contributed by atoms with Gasteiger partial charge in [0, 0.05) is 45.9 Å². The monoisotopic (exact) mass is 324 g/mol. The number of piperidine rings is 1. The van der Waals surface area contributed by atoms with Crippen molar-refractivity contribution in [3.05, 3.63) is 11.7 Å². The first kappa shape index (κ1) is 16.8. The van der Waals surface area contributed by atoms with Crippen molar-refractivity contribution in [3.8, 4) is 0 Å². The highest BCUT2D eigenvalue weighted by Gasteiger charge is 2.53. The summed E-state index contributed by atoms with van der Waals surface area (Å²) in [5.41, 5.74) is -0.107. The van der Waals surface area contributed by atoms with Crippen molar-refractivity contribution in [2.24, 2.45) is 5.92 Å². The Morgan fingerprint density at radius 1 is 1.17 bits per heavy atom. The molecule has 2 aliphatic rings. The molecule has 0 aliphatic carbocycles. The number of aliphatic hydroxyl groups excluding tert-OH is 2. The Hall–Kier alpha value is -1.02. The van der Waals surface area contributed by atoms with Crippen LogP contribution in [0.4, 0.5) is 0 Å². The molecule has 2 aliphatic heterocycles. The van der Waals surface area contributed by atoms with E-state index in [0.29, 0.717) is 11.7 Å². The number of fused-ring (bicyclic) bond motifs is 1. The smallest absolute Gasteiger partial charge is 0.235 e. The topological polar surface area (TPSA) is 85.9 Å². The summed E-state index contributed by atoms with van der Waals surface area (Å²) in [5.74, 6) is 1.97. The van der Waals surface area contributed by atoms with Crippen molar-refractivity contribution in [3.63, 3.8) is 0 Å². The van der Waals surface area contributed by atoms with Crippen LogP contribution in [0.2, 0.25) is 0 Å². The Bertz CT molecular complexity index is 503. The van der Waals surface area contributed by atoms with Crippen molar-refractivity contribution >= 4 is 0 Å². The van der Waals surface area contributed by atoms with Gasteiger partial charge in [-0.25, -0.2) is 0 Å². The van der Waals surface area contributed by atoms with Gasteiger partial charge in [-0.3, -0.25) is 0 Å². The number of hydrogen-bond acceptors (Lipinski definition) is 7. The molecule has 23 heavy (non-hydrogen) atoms. The molecule has 2 saturated heterocycles. The quantitative estimate of drug-likeness (QED) is 0.731. The first-order chi connectivity index (χ1) is 11.2. The van der Waals surface area contributed by atoms with E-state index in [0.717, 1.165) is 64.4 Å². The largest absolute Gasteiger partial charge is 0.396 e. The van der Waals surface area contributed by atoms with E-state index >= 15 is 0 Å². The van der Waals surface area contributed by atoms with Gasteiger partial charge in [-0.05, 0) is 38.6 Å². The normalized spacial score (nSPS) is 29.1. The molecule has 0 saturated carbocycles. The van der Waals surface area contributed by atoms with Gasteiger partial charge >= 0.3 is 0 Å². The van der Waals surface area contributed by atoms with Gasteiger partial charge in [0.1, 0.15) is 0 Å². The lowest BCUT2D eigenvalue weighted by atomic mass is 9.73. The van der Waals surface area contributed by atoms with Gasteiger partial charge in [0.05, 0.1) is 5.41 Å². The third-order valence-corrected chi connectivity index (χ3v) is 5.28. The highest BCUT2D eigenvalue weighted by Crippen LogP contribution is 2.43. The zero-order valence-corrected chi connectivity index (χ0v) is 13.9. The number of rotatable bonds is 7. The number of likely N-dealkylation sites (tertiary alicyclic amines) is 2. The summed E-state index contributed by atoms with van der Waals surface area (Å²) in [6.07, 6.45) is 2.72. The molecule has 0 amide bonds. The number of aliphatic hydroxyl groups is 2. The number of nitrogens with zero attached hydrogens (tertiary/aromatic N) is 4. The van der Waals surface area contributed by atoms with Gasteiger partial charge in [0.2, 0.25) is 5.89 Å². The Labute approximate surface area is 137 Å². The number of aryl methyl sites for hydroxylation is 1. The second kappa shape index (κ2) is 7.25. The molecule has 1 aromatic heterocycles. The summed E-state index contributed by atoms with van der Waals surface area (Å²) in [4.78, 5) is 9.41. The van der Waals surface area contributed by atoms with Crippen molar-refractivity contribution in [2.75, 3.05) is 52.5 Å². The average Bonchev–Trinajstić information content (AvgIpc) is 3.14. The van der Waals surface area contributed by atoms with Crippen LogP contribution in [-0.2, 0) is 5.41 Å². The molecule has 0 spiro atoms. The van der Waals surface area contributed by atoms with Crippen LogP contribution in [0.5, 0.6) is 0 Å². The Morgan fingerprint density at radius 2 is 1.87 bits per heavy atom. The summed E-state index contributed by atoms with van der Waals surface area (Å²) >= 11 is 0. The fraction of sp³-hybridized carbons (Fsp3) is 0.875. The zero-order valence-electron chi connectivity index (χ0n) is 13.9. The van der Waals surface area contributed by atoms with E-state index in [-0.39, 0.29) is 18.6 Å². The molecule has 0 unspecified atom stereocenters. The minimum atomic E-state index is -0.107. The molecule has 3 rings (SSSR count). The van der Waals surface area contributed by atoms with E-state index in [1.807, 2.05) is 6.92 Å². The van der Waals surface area contributed by atoms with Gasteiger partial charge in [0.25, 0.3) is 0 Å². The van der Waals surface area contributed by atoms with Gasteiger partial charge in [-0.2, -0.15) is 4.98 Å². The van der Waals surface area contributed by atoms with Crippen molar-refractivity contribution in [1.82, 2.24) is 19.9 Å². The molecule has 0 aromatic carbocycles. The molecule has 0 radical (unpaired) electrons. The van der Waals surface area contributed by atoms with Crippen LogP contribution in [0.1, 0.15) is 31.0 Å². The predicted octanol–water partition coefficient (Wildman–Crippen LogP) is 0.0181. The van der Waals surface area contributed by atoms with Crippen molar-refractivity contribution in [2.45, 2.75) is 31.6 Å². The molecule has 1 aromatic rings. The molecular formula is C16H28N4O3. The van der Waals surface area contributed by atoms with E-state index in [4.69, 9.17) is 14.7 Å². The molecule has 0 bridgehead atoms. The summed E-state index contributed by atoms with van der Waals surface area (Å²) in [7, 11) is 0. The Morgan fingerprint density at radius 3 is 2.52 bits per heavy atom. The van der Waals surface area contributed by atoms with Crippen LogP contribution in [0.15, 0.2) is 4.52 Å². The third-order valence-electron chi connectivity index (χ3n) is 5.28. The molecule has 2 fully saturated rings. The average molecular weight is 324 g/mol. The first-order valence-corrected chi connectivity index (χ1v) is 8.65. The molecule has 2 atom stereocenters. The third kappa shape index (κ3) is 3.42. The SMILES string of the molecule is Cc1noc([C@]23CN(CCCO)CC[C@H]2CN(CCCO)C3)n1. The maximum Gasteiger partial charge on any atom is 0.235 e. The summed E-state index contributed by atoms with van der Waals surface area (Å²) in [6, 6.07) is 0. The predicted molar refractivity (Wildman–Crippen MR) is 85.1 cm³/mol. The molecule has 2 N–H and O–H groups in total. The maximum absolute atomic E-state index is 9.11. The fourth-order valence-corrected chi connectivity index (χ4v) is 4.20. The maximum atomic E-state index is 9.11. The molecular weight excluding hydrogens is 296 g/mol. The Kier molecular flexibility index (Phi) is 5.31. The van der Waals surface area contributed by atoms with E-state index in [2.05, 4.69) is 19.9 Å². The molecule has 130 valence electrons.